The van der Waals surface area contributed by atoms with Crippen molar-refractivity contribution in [2.45, 2.75) is 19.9 Å². The van der Waals surface area contributed by atoms with E-state index in [4.69, 9.17) is 5.73 Å². The van der Waals surface area contributed by atoms with Gasteiger partial charge in [0.05, 0.1) is 5.56 Å². The van der Waals surface area contributed by atoms with Gasteiger partial charge in [-0.1, -0.05) is 32.0 Å². The summed E-state index contributed by atoms with van der Waals surface area (Å²) in [6.07, 6.45) is 0. The lowest BCUT2D eigenvalue weighted by Gasteiger charge is -2.15. The summed E-state index contributed by atoms with van der Waals surface area (Å²) in [6, 6.07) is 7.93. The fraction of sp³-hybridized carbons (Fsp3) is 0.357. The molecule has 4 heteroatoms. The van der Waals surface area contributed by atoms with Gasteiger partial charge in [-0.3, -0.25) is 4.79 Å². The van der Waals surface area contributed by atoms with Crippen LogP contribution in [0.2, 0.25) is 0 Å². The van der Waals surface area contributed by atoms with Crippen molar-refractivity contribution in [3.05, 3.63) is 35.2 Å². The summed E-state index contributed by atoms with van der Waals surface area (Å²) in [5.41, 5.74) is 6.66. The zero-order valence-electron chi connectivity index (χ0n) is 10.6. The van der Waals surface area contributed by atoms with Gasteiger partial charge in [0, 0.05) is 28.1 Å². The molecule has 96 valence electrons. The molecule has 1 aromatic carbocycles. The number of nitrogens with two attached hydrogens (primary N) is 1. The maximum Gasteiger partial charge on any atom is 0.252 e. The Bertz CT molecular complexity index is 547. The molecule has 0 saturated carbocycles. The van der Waals surface area contributed by atoms with E-state index < -0.39 is 0 Å². The molecule has 1 aromatic heterocycles. The van der Waals surface area contributed by atoms with Crippen LogP contribution in [0.15, 0.2) is 29.6 Å². The smallest absolute Gasteiger partial charge is 0.252 e. The van der Waals surface area contributed by atoms with E-state index in [0.717, 1.165) is 15.6 Å². The molecule has 1 heterocycles. The van der Waals surface area contributed by atoms with Gasteiger partial charge >= 0.3 is 0 Å². The molecular weight excluding hydrogens is 244 g/mol. The van der Waals surface area contributed by atoms with Crippen molar-refractivity contribution in [2.24, 2.45) is 11.7 Å². The van der Waals surface area contributed by atoms with E-state index in [0.29, 0.717) is 12.5 Å². The molecule has 2 rings (SSSR count). The van der Waals surface area contributed by atoms with E-state index in [-0.39, 0.29) is 11.9 Å². The van der Waals surface area contributed by atoms with Crippen LogP contribution in [0, 0.1) is 5.92 Å². The third kappa shape index (κ3) is 2.71. The van der Waals surface area contributed by atoms with Gasteiger partial charge in [0.2, 0.25) is 0 Å². The van der Waals surface area contributed by atoms with Crippen molar-refractivity contribution in [2.75, 3.05) is 6.54 Å². The Hall–Kier alpha value is -1.39. The van der Waals surface area contributed by atoms with Crippen LogP contribution in [-0.2, 0) is 0 Å². The molecule has 0 aliphatic rings. The monoisotopic (exact) mass is 262 g/mol. The molecule has 0 bridgehead atoms. The van der Waals surface area contributed by atoms with E-state index in [2.05, 4.69) is 19.2 Å². The van der Waals surface area contributed by atoms with Crippen molar-refractivity contribution in [3.8, 4) is 0 Å². The van der Waals surface area contributed by atoms with Gasteiger partial charge in [-0.15, -0.1) is 11.3 Å². The van der Waals surface area contributed by atoms with E-state index in [1.807, 2.05) is 29.6 Å². The highest BCUT2D eigenvalue weighted by Gasteiger charge is 2.14. The fourth-order valence-electron chi connectivity index (χ4n) is 1.70. The minimum absolute atomic E-state index is 0.00106. The molecular formula is C14H18N2OS. The molecule has 0 aliphatic carbocycles. The minimum Gasteiger partial charge on any atom is -0.350 e. The normalized spacial score (nSPS) is 12.9. The Labute approximate surface area is 111 Å². The van der Waals surface area contributed by atoms with Gasteiger partial charge in [-0.05, 0) is 12.0 Å². The number of rotatable bonds is 4. The first kappa shape index (κ1) is 13.1. The maximum absolute atomic E-state index is 12.1. The first-order valence-electron chi connectivity index (χ1n) is 6.09. The Morgan fingerprint density at radius 2 is 2.11 bits per heavy atom. The number of thiophene rings is 1. The van der Waals surface area contributed by atoms with Crippen LogP contribution >= 0.6 is 11.3 Å². The van der Waals surface area contributed by atoms with Crippen LogP contribution in [0.4, 0.5) is 0 Å². The molecule has 0 spiro atoms. The number of carbonyl (C=O) groups is 1. The van der Waals surface area contributed by atoms with Crippen molar-refractivity contribution < 1.29 is 4.79 Å². The fourth-order valence-corrected chi connectivity index (χ4v) is 2.64. The number of fused-ring (bicyclic) bond motifs is 1. The third-order valence-corrected chi connectivity index (χ3v) is 4.04. The largest absolute Gasteiger partial charge is 0.350 e. The summed E-state index contributed by atoms with van der Waals surface area (Å²) in [4.78, 5) is 12.1. The van der Waals surface area contributed by atoms with E-state index in [9.17, 15) is 4.79 Å². The number of hydrogen-bond acceptors (Lipinski definition) is 3. The first-order chi connectivity index (χ1) is 8.59. The van der Waals surface area contributed by atoms with E-state index >= 15 is 0 Å². The SMILES string of the molecule is CC(C)C(N)CNC(=O)c1csc2ccccc12. The van der Waals surface area contributed by atoms with Crippen LogP contribution in [0.3, 0.4) is 0 Å². The standard InChI is InChI=1S/C14H18N2OS/c1-9(2)12(15)7-16-14(17)11-8-18-13-6-4-3-5-10(11)13/h3-6,8-9,12H,7,15H2,1-2H3,(H,16,17). The highest BCUT2D eigenvalue weighted by Crippen LogP contribution is 2.25. The Morgan fingerprint density at radius 3 is 2.83 bits per heavy atom. The first-order valence-corrected chi connectivity index (χ1v) is 6.97. The number of carbonyl (C=O) groups excluding carboxylic acids is 1. The molecule has 0 radical (unpaired) electrons. The second kappa shape index (κ2) is 5.50. The molecule has 3 nitrogen and oxygen atoms in total. The molecule has 1 unspecified atom stereocenters. The van der Waals surface area contributed by atoms with Crippen molar-refractivity contribution in [1.82, 2.24) is 5.32 Å². The van der Waals surface area contributed by atoms with Gasteiger partial charge < -0.3 is 11.1 Å². The molecule has 3 N–H and O–H groups in total. The number of amides is 1. The summed E-state index contributed by atoms with van der Waals surface area (Å²) >= 11 is 1.59. The Balaban J connectivity index is 2.10. The molecule has 1 atom stereocenters. The molecule has 1 amide bonds. The Morgan fingerprint density at radius 1 is 1.39 bits per heavy atom. The maximum atomic E-state index is 12.1. The van der Waals surface area contributed by atoms with Gasteiger partial charge in [0.1, 0.15) is 0 Å². The molecule has 18 heavy (non-hydrogen) atoms. The predicted molar refractivity (Wildman–Crippen MR) is 77.0 cm³/mol. The lowest BCUT2D eigenvalue weighted by atomic mass is 10.1. The lowest BCUT2D eigenvalue weighted by Crippen LogP contribution is -2.40. The van der Waals surface area contributed by atoms with Gasteiger partial charge in [0.25, 0.3) is 5.91 Å². The zero-order chi connectivity index (χ0) is 13.1. The summed E-state index contributed by atoms with van der Waals surface area (Å²) in [6.45, 7) is 4.62. The second-order valence-corrected chi connectivity index (χ2v) is 5.67. The van der Waals surface area contributed by atoms with Crippen molar-refractivity contribution >= 4 is 27.3 Å². The number of nitrogens with one attached hydrogen (secondary N) is 1. The van der Waals surface area contributed by atoms with Crippen LogP contribution in [0.1, 0.15) is 24.2 Å². The van der Waals surface area contributed by atoms with Gasteiger partial charge in [0.15, 0.2) is 0 Å². The predicted octanol–water partition coefficient (Wildman–Crippen LogP) is 2.61. The highest BCUT2D eigenvalue weighted by atomic mass is 32.1. The van der Waals surface area contributed by atoms with Crippen LogP contribution in [0.25, 0.3) is 10.1 Å². The average molecular weight is 262 g/mol. The van der Waals surface area contributed by atoms with Crippen LogP contribution in [-0.4, -0.2) is 18.5 Å². The summed E-state index contributed by atoms with van der Waals surface area (Å²) in [5.74, 6) is 0.327. The zero-order valence-corrected chi connectivity index (χ0v) is 11.5. The highest BCUT2D eigenvalue weighted by molar-refractivity contribution is 7.17. The van der Waals surface area contributed by atoms with Crippen LogP contribution < -0.4 is 11.1 Å². The summed E-state index contributed by atoms with van der Waals surface area (Å²) < 4.78 is 1.14. The molecule has 0 fully saturated rings. The third-order valence-electron chi connectivity index (χ3n) is 3.08. The van der Waals surface area contributed by atoms with E-state index in [1.54, 1.807) is 11.3 Å². The molecule has 0 aliphatic heterocycles. The van der Waals surface area contributed by atoms with Crippen molar-refractivity contribution in [3.63, 3.8) is 0 Å². The topological polar surface area (TPSA) is 55.1 Å². The average Bonchev–Trinajstić information content (AvgIpc) is 2.79. The number of hydrogen-bond donors (Lipinski definition) is 2. The quantitative estimate of drug-likeness (QED) is 0.890. The summed E-state index contributed by atoms with van der Waals surface area (Å²) in [5, 5.41) is 5.82. The van der Waals surface area contributed by atoms with E-state index in [1.165, 1.54) is 0 Å². The van der Waals surface area contributed by atoms with Crippen molar-refractivity contribution in [1.29, 1.82) is 0 Å². The second-order valence-electron chi connectivity index (χ2n) is 4.76. The van der Waals surface area contributed by atoms with Gasteiger partial charge in [-0.2, -0.15) is 0 Å². The lowest BCUT2D eigenvalue weighted by molar-refractivity contribution is 0.0951. The minimum atomic E-state index is -0.0384. The van der Waals surface area contributed by atoms with Crippen LogP contribution in [0.5, 0.6) is 0 Å². The summed E-state index contributed by atoms with van der Waals surface area (Å²) in [7, 11) is 0. The number of benzene rings is 1. The Kier molecular flexibility index (Phi) is 3.99. The molecule has 2 aromatic rings. The molecule has 0 saturated heterocycles. The van der Waals surface area contributed by atoms with Gasteiger partial charge in [-0.25, -0.2) is 0 Å².